The summed E-state index contributed by atoms with van der Waals surface area (Å²) < 4.78 is 0. The third-order valence-electron chi connectivity index (χ3n) is 2.60. The van der Waals surface area contributed by atoms with Crippen LogP contribution in [0.3, 0.4) is 0 Å². The van der Waals surface area contributed by atoms with E-state index in [2.05, 4.69) is 20.5 Å². The minimum absolute atomic E-state index is 0.265. The second-order valence-corrected chi connectivity index (χ2v) is 4.36. The van der Waals surface area contributed by atoms with Gasteiger partial charge in [-0.3, -0.25) is 5.43 Å². The van der Waals surface area contributed by atoms with Crippen molar-refractivity contribution in [2.24, 2.45) is 5.10 Å². The summed E-state index contributed by atoms with van der Waals surface area (Å²) in [7, 11) is 0. The molecule has 0 unspecified atom stereocenters. The van der Waals surface area contributed by atoms with Gasteiger partial charge in [-0.25, -0.2) is 9.97 Å². The number of phenols is 1. The van der Waals surface area contributed by atoms with Gasteiger partial charge in [0.25, 0.3) is 0 Å². The molecule has 5 nitrogen and oxygen atoms in total. The number of anilines is 1. The second kappa shape index (κ2) is 5.67. The van der Waals surface area contributed by atoms with Gasteiger partial charge in [0.05, 0.1) is 5.71 Å². The van der Waals surface area contributed by atoms with Gasteiger partial charge >= 0.3 is 0 Å². The van der Waals surface area contributed by atoms with E-state index >= 15 is 0 Å². The maximum atomic E-state index is 9.48. The van der Waals surface area contributed by atoms with Gasteiger partial charge in [-0.2, -0.15) is 5.10 Å². The first-order chi connectivity index (χ1) is 9.08. The Morgan fingerprint density at radius 3 is 2.74 bits per heavy atom. The lowest BCUT2D eigenvalue weighted by atomic mass is 10.1. The number of benzene rings is 1. The molecular weight excluding hydrogens is 264 g/mol. The van der Waals surface area contributed by atoms with E-state index in [4.69, 9.17) is 11.6 Å². The number of hydrogen-bond donors (Lipinski definition) is 2. The zero-order chi connectivity index (χ0) is 13.8. The molecule has 0 atom stereocenters. The number of hydrazone groups is 1. The van der Waals surface area contributed by atoms with E-state index < -0.39 is 0 Å². The molecule has 2 N–H and O–H groups in total. The molecule has 0 radical (unpaired) electrons. The van der Waals surface area contributed by atoms with Crippen LogP contribution < -0.4 is 5.43 Å². The molecular formula is C13H13ClN4O. The average Bonchev–Trinajstić information content (AvgIpc) is 2.40. The standard InChI is InChI=1S/C13H13ClN4O/c1-8-7-10(3-4-11(8)19)9(2)17-18-13-12(14)15-5-6-16-13/h3-7,19H,1-2H3,(H,16,18)/b17-9-. The number of hydrogen-bond acceptors (Lipinski definition) is 5. The summed E-state index contributed by atoms with van der Waals surface area (Å²) in [4.78, 5) is 7.92. The van der Waals surface area contributed by atoms with Gasteiger partial charge in [0.15, 0.2) is 11.0 Å². The van der Waals surface area contributed by atoms with Crippen molar-refractivity contribution in [2.75, 3.05) is 5.43 Å². The van der Waals surface area contributed by atoms with E-state index in [9.17, 15) is 5.11 Å². The maximum absolute atomic E-state index is 9.48. The molecule has 0 aliphatic heterocycles. The van der Waals surface area contributed by atoms with E-state index in [1.807, 2.05) is 19.9 Å². The fourth-order valence-corrected chi connectivity index (χ4v) is 1.63. The molecule has 0 aliphatic rings. The first kappa shape index (κ1) is 13.3. The Kier molecular flexibility index (Phi) is 3.97. The van der Waals surface area contributed by atoms with E-state index in [-0.39, 0.29) is 10.9 Å². The first-order valence-electron chi connectivity index (χ1n) is 5.64. The van der Waals surface area contributed by atoms with Crippen LogP contribution in [0.4, 0.5) is 5.82 Å². The zero-order valence-corrected chi connectivity index (χ0v) is 11.3. The highest BCUT2D eigenvalue weighted by Crippen LogP contribution is 2.18. The van der Waals surface area contributed by atoms with Crippen LogP contribution in [0.2, 0.25) is 5.15 Å². The highest BCUT2D eigenvalue weighted by molar-refractivity contribution is 6.31. The number of aryl methyl sites for hydroxylation is 1. The fourth-order valence-electron chi connectivity index (χ4n) is 1.48. The Labute approximate surface area is 116 Å². The molecule has 0 saturated carbocycles. The number of rotatable bonds is 3. The number of nitrogens with zero attached hydrogens (tertiary/aromatic N) is 3. The summed E-state index contributed by atoms with van der Waals surface area (Å²) in [6.07, 6.45) is 3.04. The third kappa shape index (κ3) is 3.20. The van der Waals surface area contributed by atoms with Crippen LogP contribution in [-0.4, -0.2) is 20.8 Å². The number of nitrogens with one attached hydrogen (secondary N) is 1. The smallest absolute Gasteiger partial charge is 0.184 e. The molecule has 6 heteroatoms. The van der Waals surface area contributed by atoms with Crippen molar-refractivity contribution >= 4 is 23.1 Å². The maximum Gasteiger partial charge on any atom is 0.184 e. The topological polar surface area (TPSA) is 70.4 Å². The number of phenolic OH excluding ortho intramolecular Hbond substituents is 1. The molecule has 0 spiro atoms. The Bertz CT molecular complexity index is 628. The normalized spacial score (nSPS) is 11.4. The van der Waals surface area contributed by atoms with Crippen LogP contribution in [0.1, 0.15) is 18.1 Å². The predicted molar refractivity (Wildman–Crippen MR) is 75.7 cm³/mol. The average molecular weight is 277 g/mol. The summed E-state index contributed by atoms with van der Waals surface area (Å²) >= 11 is 5.86. The Balaban J connectivity index is 2.19. The van der Waals surface area contributed by atoms with E-state index in [0.717, 1.165) is 16.8 Å². The van der Waals surface area contributed by atoms with Crippen molar-refractivity contribution in [3.05, 3.63) is 46.9 Å². The number of halogens is 1. The highest BCUT2D eigenvalue weighted by Gasteiger charge is 2.03. The molecule has 0 saturated heterocycles. The predicted octanol–water partition coefficient (Wildman–Crippen LogP) is 2.98. The molecule has 19 heavy (non-hydrogen) atoms. The van der Waals surface area contributed by atoms with Gasteiger partial charge < -0.3 is 5.11 Å². The lowest BCUT2D eigenvalue weighted by molar-refractivity contribution is 0.471. The van der Waals surface area contributed by atoms with Crippen molar-refractivity contribution in [1.29, 1.82) is 0 Å². The summed E-state index contributed by atoms with van der Waals surface area (Å²) in [5, 5.41) is 13.9. The summed E-state index contributed by atoms with van der Waals surface area (Å²) in [6, 6.07) is 5.29. The molecule has 0 amide bonds. The Hall–Kier alpha value is -2.14. The minimum atomic E-state index is 0.265. The largest absolute Gasteiger partial charge is 0.508 e. The van der Waals surface area contributed by atoms with Crippen molar-refractivity contribution in [3.8, 4) is 5.75 Å². The van der Waals surface area contributed by atoms with Crippen LogP contribution >= 0.6 is 11.6 Å². The molecule has 1 aromatic carbocycles. The first-order valence-corrected chi connectivity index (χ1v) is 6.02. The van der Waals surface area contributed by atoms with Crippen LogP contribution in [0.5, 0.6) is 5.75 Å². The SMILES string of the molecule is C/C(=N/Nc1nccnc1Cl)c1ccc(O)c(C)c1. The second-order valence-electron chi connectivity index (χ2n) is 4.01. The lowest BCUT2D eigenvalue weighted by Crippen LogP contribution is -2.02. The fraction of sp³-hybridized carbons (Fsp3) is 0.154. The minimum Gasteiger partial charge on any atom is -0.508 e. The van der Waals surface area contributed by atoms with Crippen LogP contribution in [0.15, 0.2) is 35.7 Å². The van der Waals surface area contributed by atoms with E-state index in [1.54, 1.807) is 12.1 Å². The zero-order valence-electron chi connectivity index (χ0n) is 10.6. The van der Waals surface area contributed by atoms with E-state index in [1.165, 1.54) is 12.4 Å². The van der Waals surface area contributed by atoms with Gasteiger partial charge in [0.2, 0.25) is 0 Å². The van der Waals surface area contributed by atoms with Crippen molar-refractivity contribution in [1.82, 2.24) is 9.97 Å². The van der Waals surface area contributed by atoms with Crippen LogP contribution in [-0.2, 0) is 0 Å². The molecule has 1 aromatic heterocycles. The Morgan fingerprint density at radius 1 is 1.32 bits per heavy atom. The quantitative estimate of drug-likeness (QED) is 0.668. The highest BCUT2D eigenvalue weighted by atomic mass is 35.5. The molecule has 2 rings (SSSR count). The van der Waals surface area contributed by atoms with Crippen LogP contribution in [0.25, 0.3) is 0 Å². The molecule has 98 valence electrons. The van der Waals surface area contributed by atoms with Gasteiger partial charge in [-0.1, -0.05) is 11.6 Å². The van der Waals surface area contributed by atoms with Crippen molar-refractivity contribution < 1.29 is 5.11 Å². The monoisotopic (exact) mass is 276 g/mol. The number of aromatic hydroxyl groups is 1. The number of aromatic nitrogens is 2. The van der Waals surface area contributed by atoms with Gasteiger partial charge in [0.1, 0.15) is 5.75 Å². The van der Waals surface area contributed by atoms with Crippen molar-refractivity contribution in [2.45, 2.75) is 13.8 Å². The summed E-state index contributed by atoms with van der Waals surface area (Å²) in [5.74, 6) is 0.667. The molecule has 2 aromatic rings. The molecule has 0 aliphatic carbocycles. The summed E-state index contributed by atoms with van der Waals surface area (Å²) in [5.41, 5.74) is 5.22. The lowest BCUT2D eigenvalue weighted by Gasteiger charge is -2.05. The van der Waals surface area contributed by atoms with Gasteiger partial charge in [-0.05, 0) is 43.2 Å². The van der Waals surface area contributed by atoms with E-state index in [0.29, 0.717) is 5.82 Å². The molecule has 1 heterocycles. The van der Waals surface area contributed by atoms with Crippen LogP contribution in [0, 0.1) is 6.92 Å². The Morgan fingerprint density at radius 2 is 2.05 bits per heavy atom. The van der Waals surface area contributed by atoms with Gasteiger partial charge in [-0.15, -0.1) is 0 Å². The van der Waals surface area contributed by atoms with Gasteiger partial charge in [0, 0.05) is 12.4 Å². The third-order valence-corrected chi connectivity index (χ3v) is 2.87. The molecule has 0 bridgehead atoms. The molecule has 0 fully saturated rings. The summed E-state index contributed by atoms with van der Waals surface area (Å²) in [6.45, 7) is 3.68. The van der Waals surface area contributed by atoms with Crippen molar-refractivity contribution in [3.63, 3.8) is 0 Å².